The molecule has 1 unspecified atom stereocenters. The fraction of sp³-hybridized carbons (Fsp3) is 1.00. The SMILES string of the molecule is CC(CO)O[N+](=O)[O-]. The van der Waals surface area contributed by atoms with Gasteiger partial charge in [-0.05, 0) is 6.92 Å². The molecule has 0 amide bonds. The Morgan fingerprint density at radius 3 is 2.62 bits per heavy atom. The molecule has 0 radical (unpaired) electrons. The van der Waals surface area contributed by atoms with Gasteiger partial charge in [-0.3, -0.25) is 0 Å². The molecule has 0 aromatic carbocycles. The Balaban J connectivity index is 3.24. The lowest BCUT2D eigenvalue weighted by molar-refractivity contribution is -0.768. The summed E-state index contributed by atoms with van der Waals surface area (Å²) in [6, 6.07) is 0. The zero-order valence-corrected chi connectivity index (χ0v) is 4.40. The molecule has 0 aromatic rings. The van der Waals surface area contributed by atoms with E-state index in [2.05, 4.69) is 4.84 Å². The van der Waals surface area contributed by atoms with E-state index in [1.165, 1.54) is 6.92 Å². The van der Waals surface area contributed by atoms with Gasteiger partial charge in [0.25, 0.3) is 5.09 Å². The summed E-state index contributed by atoms with van der Waals surface area (Å²) in [5.41, 5.74) is 0. The van der Waals surface area contributed by atoms with Crippen LogP contribution in [0.2, 0.25) is 0 Å². The minimum absolute atomic E-state index is 0.332. The molecule has 1 N–H and O–H groups in total. The molecular weight excluding hydrogens is 114 g/mol. The lowest BCUT2D eigenvalue weighted by Crippen LogP contribution is -2.16. The number of aliphatic hydroxyl groups excluding tert-OH is 1. The van der Waals surface area contributed by atoms with Crippen molar-refractivity contribution in [2.24, 2.45) is 0 Å². The third-order valence-corrected chi connectivity index (χ3v) is 0.523. The molecular formula is C3H7NO4. The predicted octanol–water partition coefficient (Wildman–Crippen LogP) is -0.425. The van der Waals surface area contributed by atoms with E-state index in [0.717, 1.165) is 0 Å². The van der Waals surface area contributed by atoms with Gasteiger partial charge in [0.15, 0.2) is 0 Å². The van der Waals surface area contributed by atoms with Crippen LogP contribution in [-0.4, -0.2) is 22.9 Å². The van der Waals surface area contributed by atoms with Gasteiger partial charge in [-0.15, -0.1) is 10.1 Å². The van der Waals surface area contributed by atoms with Gasteiger partial charge in [0.2, 0.25) is 0 Å². The molecule has 1 atom stereocenters. The first kappa shape index (κ1) is 7.16. The van der Waals surface area contributed by atoms with Crippen molar-refractivity contribution in [3.8, 4) is 0 Å². The standard InChI is InChI=1S/C3H7NO4/c1-3(2-5)8-4(6)7/h3,5H,2H2,1H3. The van der Waals surface area contributed by atoms with Gasteiger partial charge in [0, 0.05) is 0 Å². The van der Waals surface area contributed by atoms with Crippen LogP contribution in [0.1, 0.15) is 6.92 Å². The zero-order valence-electron chi connectivity index (χ0n) is 4.40. The van der Waals surface area contributed by atoms with Gasteiger partial charge < -0.3 is 9.94 Å². The molecule has 0 aliphatic rings. The van der Waals surface area contributed by atoms with Crippen molar-refractivity contribution in [2.45, 2.75) is 13.0 Å². The van der Waals surface area contributed by atoms with Crippen molar-refractivity contribution in [3.05, 3.63) is 10.1 Å². The average molecular weight is 121 g/mol. The Morgan fingerprint density at radius 1 is 2.00 bits per heavy atom. The van der Waals surface area contributed by atoms with E-state index in [1.54, 1.807) is 0 Å². The van der Waals surface area contributed by atoms with Crippen LogP contribution in [0.25, 0.3) is 0 Å². The van der Waals surface area contributed by atoms with Crippen LogP contribution in [0.3, 0.4) is 0 Å². The number of nitrogens with zero attached hydrogens (tertiary/aromatic N) is 1. The number of rotatable bonds is 3. The Kier molecular flexibility index (Phi) is 2.86. The topological polar surface area (TPSA) is 72.6 Å². The maximum atomic E-state index is 9.44. The van der Waals surface area contributed by atoms with Crippen LogP contribution >= 0.6 is 0 Å². The zero-order chi connectivity index (χ0) is 6.57. The first-order valence-corrected chi connectivity index (χ1v) is 2.09. The van der Waals surface area contributed by atoms with Crippen LogP contribution in [0.15, 0.2) is 0 Å². The Hall–Kier alpha value is -0.840. The van der Waals surface area contributed by atoms with Gasteiger partial charge in [-0.2, -0.15) is 0 Å². The summed E-state index contributed by atoms with van der Waals surface area (Å²) in [5.74, 6) is 0. The molecule has 0 spiro atoms. The Labute approximate surface area is 46.0 Å². The molecule has 0 saturated heterocycles. The van der Waals surface area contributed by atoms with E-state index in [1.807, 2.05) is 0 Å². The fourth-order valence-corrected chi connectivity index (χ4v) is 0.180. The highest BCUT2D eigenvalue weighted by Gasteiger charge is 2.02. The minimum Gasteiger partial charge on any atom is -0.394 e. The van der Waals surface area contributed by atoms with E-state index in [0.29, 0.717) is 0 Å². The molecule has 8 heavy (non-hydrogen) atoms. The van der Waals surface area contributed by atoms with Gasteiger partial charge in [0.1, 0.15) is 6.10 Å². The predicted molar refractivity (Wildman–Crippen MR) is 24.6 cm³/mol. The van der Waals surface area contributed by atoms with E-state index in [-0.39, 0.29) is 6.61 Å². The highest BCUT2D eigenvalue weighted by Crippen LogP contribution is 1.86. The molecule has 5 heteroatoms. The third-order valence-electron chi connectivity index (χ3n) is 0.523. The lowest BCUT2D eigenvalue weighted by Gasteiger charge is -2.01. The maximum Gasteiger partial charge on any atom is 0.294 e. The van der Waals surface area contributed by atoms with Crippen LogP contribution in [0.4, 0.5) is 0 Å². The van der Waals surface area contributed by atoms with Gasteiger partial charge >= 0.3 is 0 Å². The second-order valence-corrected chi connectivity index (χ2v) is 1.32. The van der Waals surface area contributed by atoms with Crippen molar-refractivity contribution >= 4 is 0 Å². The molecule has 0 rings (SSSR count). The summed E-state index contributed by atoms with van der Waals surface area (Å²) >= 11 is 0. The summed E-state index contributed by atoms with van der Waals surface area (Å²) < 4.78 is 0. The second-order valence-electron chi connectivity index (χ2n) is 1.32. The van der Waals surface area contributed by atoms with Crippen molar-refractivity contribution in [1.82, 2.24) is 0 Å². The van der Waals surface area contributed by atoms with Gasteiger partial charge in [-0.25, -0.2) is 0 Å². The average Bonchev–Trinajstić information content (AvgIpc) is 1.65. The minimum atomic E-state index is -0.930. The molecule has 0 aliphatic carbocycles. The van der Waals surface area contributed by atoms with E-state index < -0.39 is 11.2 Å². The van der Waals surface area contributed by atoms with E-state index in [9.17, 15) is 10.1 Å². The van der Waals surface area contributed by atoms with Crippen molar-refractivity contribution < 1.29 is 15.0 Å². The first-order chi connectivity index (χ1) is 3.66. The molecule has 0 aromatic heterocycles. The smallest absolute Gasteiger partial charge is 0.294 e. The fourth-order valence-electron chi connectivity index (χ4n) is 0.180. The van der Waals surface area contributed by atoms with E-state index >= 15 is 0 Å². The largest absolute Gasteiger partial charge is 0.394 e. The summed E-state index contributed by atoms with van der Waals surface area (Å²) in [6.07, 6.45) is -0.718. The van der Waals surface area contributed by atoms with Crippen LogP contribution in [0.5, 0.6) is 0 Å². The van der Waals surface area contributed by atoms with E-state index in [4.69, 9.17) is 5.11 Å². The first-order valence-electron chi connectivity index (χ1n) is 2.09. The summed E-state index contributed by atoms with van der Waals surface area (Å²) in [4.78, 5) is 13.3. The molecule has 0 fully saturated rings. The van der Waals surface area contributed by atoms with Crippen LogP contribution in [-0.2, 0) is 4.84 Å². The second kappa shape index (κ2) is 3.20. The van der Waals surface area contributed by atoms with Gasteiger partial charge in [-0.1, -0.05) is 0 Å². The molecule has 0 heterocycles. The molecule has 48 valence electrons. The molecule has 0 saturated carbocycles. The highest BCUT2D eigenvalue weighted by molar-refractivity contribution is 4.37. The van der Waals surface area contributed by atoms with Crippen molar-refractivity contribution in [2.75, 3.05) is 6.61 Å². The normalized spacial score (nSPS) is 12.8. The quantitative estimate of drug-likeness (QED) is 0.406. The number of hydrogen-bond acceptors (Lipinski definition) is 4. The Bertz CT molecular complexity index is 83.4. The number of hydrogen-bond donors (Lipinski definition) is 1. The summed E-state index contributed by atoms with van der Waals surface area (Å²) in [6.45, 7) is 1.07. The third kappa shape index (κ3) is 3.35. The molecule has 0 bridgehead atoms. The van der Waals surface area contributed by atoms with Crippen LogP contribution < -0.4 is 0 Å². The lowest BCUT2D eigenvalue weighted by atomic mass is 10.5. The highest BCUT2D eigenvalue weighted by atomic mass is 17.0. The molecule has 0 aliphatic heterocycles. The molecule has 5 nitrogen and oxygen atoms in total. The van der Waals surface area contributed by atoms with Gasteiger partial charge in [0.05, 0.1) is 6.61 Å². The van der Waals surface area contributed by atoms with Crippen molar-refractivity contribution in [3.63, 3.8) is 0 Å². The van der Waals surface area contributed by atoms with Crippen LogP contribution in [0, 0.1) is 10.1 Å². The monoisotopic (exact) mass is 121 g/mol. The Morgan fingerprint density at radius 2 is 2.50 bits per heavy atom. The van der Waals surface area contributed by atoms with Crippen molar-refractivity contribution in [1.29, 1.82) is 0 Å². The summed E-state index contributed by atoms with van der Waals surface area (Å²) in [5, 5.41) is 16.7. The number of aliphatic hydroxyl groups is 1. The maximum absolute atomic E-state index is 9.44. The summed E-state index contributed by atoms with van der Waals surface area (Å²) in [7, 11) is 0.